The lowest BCUT2D eigenvalue weighted by Gasteiger charge is -2.05. The first-order chi connectivity index (χ1) is 7.31. The van der Waals surface area contributed by atoms with Crippen molar-refractivity contribution < 1.29 is 0 Å². The molecule has 2 aromatic rings. The van der Waals surface area contributed by atoms with Gasteiger partial charge >= 0.3 is 0 Å². The number of alkyl halides is 1. The molecule has 0 bridgehead atoms. The fourth-order valence-electron chi connectivity index (χ4n) is 1.56. The Balaban J connectivity index is 2.02. The minimum Gasteiger partial charge on any atom is -0.334 e. The number of rotatable bonds is 4. The molecule has 0 aliphatic heterocycles. The molecule has 0 saturated carbocycles. The van der Waals surface area contributed by atoms with Crippen molar-refractivity contribution in [2.24, 2.45) is 7.05 Å². The van der Waals surface area contributed by atoms with Crippen LogP contribution in [-0.2, 0) is 25.9 Å². The molecule has 0 amide bonds. The average molecular weight is 225 g/mol. The molecule has 0 spiro atoms. The Morgan fingerprint density at radius 1 is 1.40 bits per heavy atom. The summed E-state index contributed by atoms with van der Waals surface area (Å²) in [7, 11) is 1.95. The molecule has 80 valence electrons. The van der Waals surface area contributed by atoms with Crippen molar-refractivity contribution in [1.29, 1.82) is 0 Å². The molecule has 4 nitrogen and oxygen atoms in total. The number of halogens is 1. The van der Waals surface area contributed by atoms with Gasteiger partial charge in [-0.3, -0.25) is 4.68 Å². The zero-order valence-corrected chi connectivity index (χ0v) is 9.35. The summed E-state index contributed by atoms with van der Waals surface area (Å²) in [4.78, 5) is 4.17. The van der Waals surface area contributed by atoms with Gasteiger partial charge in [-0.15, -0.1) is 11.6 Å². The van der Waals surface area contributed by atoms with Gasteiger partial charge < -0.3 is 4.57 Å². The van der Waals surface area contributed by atoms with Crippen molar-refractivity contribution in [2.45, 2.75) is 18.8 Å². The van der Waals surface area contributed by atoms with Crippen molar-refractivity contribution in [2.75, 3.05) is 0 Å². The zero-order valence-electron chi connectivity index (χ0n) is 8.60. The van der Waals surface area contributed by atoms with Crippen molar-refractivity contribution in [1.82, 2.24) is 19.3 Å². The minimum absolute atomic E-state index is 0.457. The van der Waals surface area contributed by atoms with E-state index < -0.39 is 0 Å². The van der Waals surface area contributed by atoms with Gasteiger partial charge in [0, 0.05) is 44.3 Å². The second-order valence-corrected chi connectivity index (χ2v) is 3.63. The van der Waals surface area contributed by atoms with Crippen LogP contribution in [0.4, 0.5) is 0 Å². The molecular weight excluding hydrogens is 212 g/mol. The summed E-state index contributed by atoms with van der Waals surface area (Å²) in [5, 5.41) is 4.12. The van der Waals surface area contributed by atoms with E-state index in [0.29, 0.717) is 5.88 Å². The molecule has 0 N–H and O–H groups in total. The SMILES string of the molecule is Cn1nccc1CCn1ccnc1CCl. The fourth-order valence-corrected chi connectivity index (χ4v) is 1.78. The molecule has 0 unspecified atom stereocenters. The Kier molecular flexibility index (Phi) is 3.06. The van der Waals surface area contributed by atoms with Gasteiger partial charge in [0.25, 0.3) is 0 Å². The Labute approximate surface area is 93.5 Å². The molecular formula is C10H13ClN4. The summed E-state index contributed by atoms with van der Waals surface area (Å²) in [6.45, 7) is 0.890. The standard InChI is InChI=1S/C10H13ClN4/c1-14-9(2-4-13-14)3-6-15-7-5-12-10(15)8-11/h2,4-5,7H,3,6,8H2,1H3. The Morgan fingerprint density at radius 3 is 2.93 bits per heavy atom. The first kappa shape index (κ1) is 10.2. The quantitative estimate of drug-likeness (QED) is 0.740. The number of nitrogens with zero attached hydrogens (tertiary/aromatic N) is 4. The minimum atomic E-state index is 0.457. The molecule has 15 heavy (non-hydrogen) atoms. The third-order valence-corrected chi connectivity index (χ3v) is 2.69. The maximum Gasteiger partial charge on any atom is 0.123 e. The van der Waals surface area contributed by atoms with Gasteiger partial charge in [0.05, 0.1) is 5.88 Å². The highest BCUT2D eigenvalue weighted by Crippen LogP contribution is 2.05. The van der Waals surface area contributed by atoms with E-state index in [0.717, 1.165) is 18.8 Å². The van der Waals surface area contributed by atoms with Crippen LogP contribution in [0, 0.1) is 0 Å². The Morgan fingerprint density at radius 2 is 2.27 bits per heavy atom. The van der Waals surface area contributed by atoms with Crippen LogP contribution in [0.2, 0.25) is 0 Å². The highest BCUT2D eigenvalue weighted by molar-refractivity contribution is 6.16. The van der Waals surface area contributed by atoms with Gasteiger partial charge in [0.15, 0.2) is 0 Å². The summed E-state index contributed by atoms with van der Waals surface area (Å²) < 4.78 is 3.96. The van der Waals surface area contributed by atoms with Crippen LogP contribution in [0.1, 0.15) is 11.5 Å². The predicted molar refractivity (Wildman–Crippen MR) is 58.7 cm³/mol. The largest absolute Gasteiger partial charge is 0.334 e. The molecule has 2 aromatic heterocycles. The van der Waals surface area contributed by atoms with E-state index >= 15 is 0 Å². The Bertz CT molecular complexity index is 432. The van der Waals surface area contributed by atoms with Gasteiger partial charge in [-0.05, 0) is 6.07 Å². The van der Waals surface area contributed by atoms with Crippen LogP contribution in [0.3, 0.4) is 0 Å². The van der Waals surface area contributed by atoms with Crippen molar-refractivity contribution in [3.63, 3.8) is 0 Å². The van der Waals surface area contributed by atoms with E-state index in [1.807, 2.05) is 30.2 Å². The van der Waals surface area contributed by atoms with Crippen LogP contribution < -0.4 is 0 Å². The van der Waals surface area contributed by atoms with Crippen molar-refractivity contribution >= 4 is 11.6 Å². The molecule has 2 heterocycles. The van der Waals surface area contributed by atoms with E-state index in [1.165, 1.54) is 5.69 Å². The summed E-state index contributed by atoms with van der Waals surface area (Å²) in [5.74, 6) is 1.37. The summed E-state index contributed by atoms with van der Waals surface area (Å²) in [6, 6.07) is 2.03. The molecule has 5 heteroatoms. The smallest absolute Gasteiger partial charge is 0.123 e. The second kappa shape index (κ2) is 4.49. The maximum atomic E-state index is 5.76. The topological polar surface area (TPSA) is 35.6 Å². The second-order valence-electron chi connectivity index (χ2n) is 3.37. The number of aromatic nitrogens is 4. The van der Waals surface area contributed by atoms with Gasteiger partial charge in [0.1, 0.15) is 5.82 Å². The zero-order chi connectivity index (χ0) is 10.7. The van der Waals surface area contributed by atoms with Gasteiger partial charge in [-0.2, -0.15) is 5.10 Å². The third kappa shape index (κ3) is 2.21. The van der Waals surface area contributed by atoms with E-state index in [1.54, 1.807) is 6.20 Å². The summed E-state index contributed by atoms with van der Waals surface area (Å²) in [6.07, 6.45) is 6.48. The number of hydrogen-bond acceptors (Lipinski definition) is 2. The lowest BCUT2D eigenvalue weighted by atomic mass is 10.3. The molecule has 0 aliphatic carbocycles. The molecule has 0 radical (unpaired) electrons. The van der Waals surface area contributed by atoms with E-state index in [9.17, 15) is 0 Å². The maximum absolute atomic E-state index is 5.76. The molecule has 0 fully saturated rings. The first-order valence-electron chi connectivity index (χ1n) is 4.84. The molecule has 0 saturated heterocycles. The van der Waals surface area contributed by atoms with Crippen molar-refractivity contribution in [3.8, 4) is 0 Å². The summed E-state index contributed by atoms with van der Waals surface area (Å²) in [5.41, 5.74) is 1.21. The van der Waals surface area contributed by atoms with Gasteiger partial charge in [0.2, 0.25) is 0 Å². The van der Waals surface area contributed by atoms with Crippen LogP contribution in [0.5, 0.6) is 0 Å². The van der Waals surface area contributed by atoms with Crippen LogP contribution in [-0.4, -0.2) is 19.3 Å². The van der Waals surface area contributed by atoms with Crippen LogP contribution in [0.25, 0.3) is 0 Å². The van der Waals surface area contributed by atoms with E-state index in [-0.39, 0.29) is 0 Å². The first-order valence-corrected chi connectivity index (χ1v) is 5.37. The van der Waals surface area contributed by atoms with Crippen molar-refractivity contribution in [3.05, 3.63) is 36.2 Å². The average Bonchev–Trinajstić information content (AvgIpc) is 2.83. The third-order valence-electron chi connectivity index (χ3n) is 2.45. The van der Waals surface area contributed by atoms with E-state index in [4.69, 9.17) is 11.6 Å². The fraction of sp³-hybridized carbons (Fsp3) is 0.400. The van der Waals surface area contributed by atoms with Crippen LogP contribution >= 0.6 is 11.6 Å². The molecule has 0 aliphatic rings. The predicted octanol–water partition coefficient (Wildman–Crippen LogP) is 1.60. The molecule has 0 atom stereocenters. The lowest BCUT2D eigenvalue weighted by Crippen LogP contribution is -2.07. The Hall–Kier alpha value is -1.29. The van der Waals surface area contributed by atoms with E-state index in [2.05, 4.69) is 14.6 Å². The lowest BCUT2D eigenvalue weighted by molar-refractivity contribution is 0.623. The monoisotopic (exact) mass is 224 g/mol. The highest BCUT2D eigenvalue weighted by Gasteiger charge is 2.03. The number of imidazole rings is 1. The number of hydrogen-bond donors (Lipinski definition) is 0. The van der Waals surface area contributed by atoms with Gasteiger partial charge in [-0.1, -0.05) is 0 Å². The van der Waals surface area contributed by atoms with Crippen LogP contribution in [0.15, 0.2) is 24.7 Å². The van der Waals surface area contributed by atoms with Gasteiger partial charge in [-0.25, -0.2) is 4.98 Å². The summed E-state index contributed by atoms with van der Waals surface area (Å²) >= 11 is 5.76. The molecule has 2 rings (SSSR count). The highest BCUT2D eigenvalue weighted by atomic mass is 35.5. The number of aryl methyl sites for hydroxylation is 3. The normalized spacial score (nSPS) is 10.8. The molecule has 0 aromatic carbocycles.